The molecule has 3 aromatic heterocycles. The fraction of sp³-hybridized carbons (Fsp3) is 0.286. The van der Waals surface area contributed by atoms with Gasteiger partial charge in [-0.2, -0.15) is 0 Å². The van der Waals surface area contributed by atoms with Gasteiger partial charge in [0.1, 0.15) is 11.5 Å². The van der Waals surface area contributed by atoms with Crippen molar-refractivity contribution >= 4 is 17.4 Å². The van der Waals surface area contributed by atoms with E-state index in [1.54, 1.807) is 10.5 Å². The van der Waals surface area contributed by atoms with Gasteiger partial charge in [-0.3, -0.25) is 14.3 Å². The third kappa shape index (κ3) is 2.82. The molecule has 0 saturated heterocycles. The summed E-state index contributed by atoms with van der Waals surface area (Å²) in [7, 11) is 0. The highest BCUT2D eigenvalue weighted by Gasteiger charge is 2.07. The molecule has 0 aliphatic carbocycles. The van der Waals surface area contributed by atoms with Crippen molar-refractivity contribution < 1.29 is 0 Å². The summed E-state index contributed by atoms with van der Waals surface area (Å²) >= 11 is 1.47. The Labute approximate surface area is 125 Å². The number of hydrogen-bond acceptors (Lipinski definition) is 5. The largest absolute Gasteiger partial charge is 0.269 e. The number of nitrogens with one attached hydrogen (secondary N) is 1. The average Bonchev–Trinajstić information content (AvgIpc) is 2.93. The maximum atomic E-state index is 12.2. The van der Waals surface area contributed by atoms with E-state index in [-0.39, 0.29) is 5.56 Å². The Morgan fingerprint density at radius 2 is 2.19 bits per heavy atom. The second kappa shape index (κ2) is 5.69. The monoisotopic (exact) mass is 301 g/mol. The maximum Gasteiger partial charge on any atom is 0.258 e. The van der Waals surface area contributed by atoms with E-state index in [1.807, 2.05) is 32.0 Å². The highest BCUT2D eigenvalue weighted by molar-refractivity contribution is 7.98. The van der Waals surface area contributed by atoms with Gasteiger partial charge in [0.2, 0.25) is 5.16 Å². The molecule has 0 spiro atoms. The number of fused-ring (bicyclic) bond motifs is 1. The fourth-order valence-corrected chi connectivity index (χ4v) is 2.79. The zero-order valence-corrected chi connectivity index (χ0v) is 12.6. The summed E-state index contributed by atoms with van der Waals surface area (Å²) in [6.07, 6.45) is 0.822. The minimum Gasteiger partial charge on any atom is -0.269 e. The molecule has 0 bridgehead atoms. The van der Waals surface area contributed by atoms with Crippen LogP contribution in [0.4, 0.5) is 0 Å². The fourth-order valence-electron chi connectivity index (χ4n) is 2.08. The average molecular weight is 301 g/mol. The van der Waals surface area contributed by atoms with E-state index in [1.165, 1.54) is 11.8 Å². The van der Waals surface area contributed by atoms with Crippen LogP contribution in [0.5, 0.6) is 0 Å². The van der Waals surface area contributed by atoms with Crippen LogP contribution in [0.2, 0.25) is 0 Å². The molecule has 0 saturated carbocycles. The number of rotatable bonds is 4. The Kier molecular flexibility index (Phi) is 3.74. The molecule has 0 fully saturated rings. The second-order valence-corrected chi connectivity index (χ2v) is 5.60. The number of thioether (sulfide) groups is 1. The Hall–Kier alpha value is -2.15. The number of aromatic nitrogens is 5. The topological polar surface area (TPSA) is 75.9 Å². The predicted octanol–water partition coefficient (Wildman–Crippen LogP) is 1.98. The lowest BCUT2D eigenvalue weighted by molar-refractivity contribution is 0.940. The van der Waals surface area contributed by atoms with Crippen LogP contribution < -0.4 is 5.56 Å². The molecular weight excluding hydrogens is 286 g/mol. The first-order chi connectivity index (χ1) is 10.2. The normalized spacial score (nSPS) is 11.1. The van der Waals surface area contributed by atoms with E-state index in [2.05, 4.69) is 20.2 Å². The molecule has 3 rings (SSSR count). The van der Waals surface area contributed by atoms with Gasteiger partial charge in [-0.1, -0.05) is 24.8 Å². The molecule has 3 heterocycles. The predicted molar refractivity (Wildman–Crippen MR) is 81.5 cm³/mol. The van der Waals surface area contributed by atoms with E-state index >= 15 is 0 Å². The SMILES string of the molecule is CCc1nc(SCc2cc(=O)n3c(C)cccc3n2)n[nH]1. The van der Waals surface area contributed by atoms with Crippen LogP contribution in [0.25, 0.3) is 5.65 Å². The molecule has 0 unspecified atom stereocenters. The second-order valence-electron chi connectivity index (χ2n) is 4.65. The van der Waals surface area contributed by atoms with Crippen LogP contribution in [-0.4, -0.2) is 24.6 Å². The standard InChI is InChI=1S/C14H15N5OS/c1-3-11-16-14(18-17-11)21-8-10-7-13(20)19-9(2)5-4-6-12(19)15-10/h4-7H,3,8H2,1-2H3,(H,16,17,18). The molecule has 1 N–H and O–H groups in total. The zero-order valence-electron chi connectivity index (χ0n) is 11.8. The van der Waals surface area contributed by atoms with Crippen LogP contribution >= 0.6 is 11.8 Å². The zero-order chi connectivity index (χ0) is 14.8. The van der Waals surface area contributed by atoms with Gasteiger partial charge in [-0.25, -0.2) is 9.97 Å². The summed E-state index contributed by atoms with van der Waals surface area (Å²) in [5.41, 5.74) is 2.23. The lowest BCUT2D eigenvalue weighted by atomic mass is 10.3. The molecule has 0 atom stereocenters. The van der Waals surface area contributed by atoms with Crippen LogP contribution in [0.3, 0.4) is 0 Å². The molecule has 6 nitrogen and oxygen atoms in total. The quantitative estimate of drug-likeness (QED) is 0.746. The summed E-state index contributed by atoms with van der Waals surface area (Å²) in [6.45, 7) is 3.91. The number of hydrogen-bond donors (Lipinski definition) is 1. The van der Waals surface area contributed by atoms with E-state index < -0.39 is 0 Å². The van der Waals surface area contributed by atoms with Crippen molar-refractivity contribution in [3.05, 3.63) is 51.8 Å². The summed E-state index contributed by atoms with van der Waals surface area (Å²) in [6, 6.07) is 7.20. The van der Waals surface area contributed by atoms with Gasteiger partial charge in [0.15, 0.2) is 0 Å². The van der Waals surface area contributed by atoms with E-state index in [0.29, 0.717) is 16.6 Å². The molecule has 0 aliphatic rings. The van der Waals surface area contributed by atoms with Gasteiger partial charge in [-0.15, -0.1) is 5.10 Å². The number of H-pyrrole nitrogens is 1. The van der Waals surface area contributed by atoms with E-state index in [4.69, 9.17) is 0 Å². The highest BCUT2D eigenvalue weighted by atomic mass is 32.2. The molecular formula is C14H15N5OS. The van der Waals surface area contributed by atoms with Crippen molar-refractivity contribution in [3.63, 3.8) is 0 Å². The third-order valence-electron chi connectivity index (χ3n) is 3.13. The minimum atomic E-state index is -0.0575. The molecule has 3 aromatic rings. The maximum absolute atomic E-state index is 12.2. The van der Waals surface area contributed by atoms with Gasteiger partial charge < -0.3 is 0 Å². The van der Waals surface area contributed by atoms with Crippen molar-refractivity contribution in [3.8, 4) is 0 Å². The first kappa shape index (κ1) is 13.8. The molecule has 7 heteroatoms. The van der Waals surface area contributed by atoms with Crippen molar-refractivity contribution in [1.82, 2.24) is 24.6 Å². The number of pyridine rings is 1. The molecule has 21 heavy (non-hydrogen) atoms. The first-order valence-electron chi connectivity index (χ1n) is 6.69. The summed E-state index contributed by atoms with van der Waals surface area (Å²) < 4.78 is 1.61. The van der Waals surface area contributed by atoms with Crippen LogP contribution in [0.15, 0.2) is 34.2 Å². The summed E-state index contributed by atoms with van der Waals surface area (Å²) in [5, 5.41) is 7.67. The number of aryl methyl sites for hydroxylation is 2. The Morgan fingerprint density at radius 1 is 1.33 bits per heavy atom. The molecule has 0 aliphatic heterocycles. The van der Waals surface area contributed by atoms with Gasteiger partial charge in [0.05, 0.1) is 5.69 Å². The number of aromatic amines is 1. The van der Waals surface area contributed by atoms with Gasteiger partial charge in [-0.05, 0) is 19.1 Å². The van der Waals surface area contributed by atoms with E-state index in [0.717, 1.165) is 23.6 Å². The number of nitrogens with zero attached hydrogens (tertiary/aromatic N) is 4. The van der Waals surface area contributed by atoms with Gasteiger partial charge in [0.25, 0.3) is 5.56 Å². The van der Waals surface area contributed by atoms with Crippen LogP contribution in [0.1, 0.15) is 24.1 Å². The molecule has 0 radical (unpaired) electrons. The highest BCUT2D eigenvalue weighted by Crippen LogP contribution is 2.17. The lowest BCUT2D eigenvalue weighted by Crippen LogP contribution is -2.17. The van der Waals surface area contributed by atoms with Gasteiger partial charge in [0, 0.05) is 23.9 Å². The molecule has 0 amide bonds. The van der Waals surface area contributed by atoms with Crippen molar-refractivity contribution in [1.29, 1.82) is 0 Å². The Balaban J connectivity index is 1.86. The first-order valence-corrected chi connectivity index (χ1v) is 7.68. The van der Waals surface area contributed by atoms with Crippen LogP contribution in [-0.2, 0) is 12.2 Å². The molecule has 0 aromatic carbocycles. The van der Waals surface area contributed by atoms with E-state index in [9.17, 15) is 4.79 Å². The molecule has 108 valence electrons. The van der Waals surface area contributed by atoms with Crippen molar-refractivity contribution in [2.45, 2.75) is 31.2 Å². The third-order valence-corrected chi connectivity index (χ3v) is 4.01. The smallest absolute Gasteiger partial charge is 0.258 e. The van der Waals surface area contributed by atoms with Crippen molar-refractivity contribution in [2.24, 2.45) is 0 Å². The van der Waals surface area contributed by atoms with Crippen LogP contribution in [0, 0.1) is 6.92 Å². The Morgan fingerprint density at radius 3 is 2.95 bits per heavy atom. The van der Waals surface area contributed by atoms with Gasteiger partial charge >= 0.3 is 0 Å². The summed E-state index contributed by atoms with van der Waals surface area (Å²) in [5.74, 6) is 1.43. The lowest BCUT2D eigenvalue weighted by Gasteiger charge is -2.05. The Bertz CT molecular complexity index is 839. The van der Waals surface area contributed by atoms with Crippen molar-refractivity contribution in [2.75, 3.05) is 0 Å². The minimum absolute atomic E-state index is 0.0575. The summed E-state index contributed by atoms with van der Waals surface area (Å²) in [4.78, 5) is 21.0.